The Morgan fingerprint density at radius 3 is 2.05 bits per heavy atom. The highest BCUT2D eigenvalue weighted by molar-refractivity contribution is 4.88. The van der Waals surface area contributed by atoms with Gasteiger partial charge in [-0.1, -0.05) is 33.6 Å². The first-order valence-corrected chi connectivity index (χ1v) is 8.58. The van der Waals surface area contributed by atoms with Crippen molar-refractivity contribution >= 4 is 0 Å². The molecule has 0 radical (unpaired) electrons. The maximum Gasteiger partial charge on any atom is 0.0267 e. The SMILES string of the molecule is CC1CCCC(C(NN)C2CCC(C(C)C)CC2)C1. The fraction of sp³-hybridized carbons (Fsp3) is 1.00. The zero-order valence-corrected chi connectivity index (χ0v) is 13.2. The van der Waals surface area contributed by atoms with E-state index in [0.717, 1.165) is 29.6 Å². The highest BCUT2D eigenvalue weighted by Crippen LogP contribution is 2.40. The fourth-order valence-electron chi connectivity index (χ4n) is 4.64. The lowest BCUT2D eigenvalue weighted by Crippen LogP contribution is -2.48. The third kappa shape index (κ3) is 3.95. The van der Waals surface area contributed by atoms with E-state index in [2.05, 4.69) is 26.2 Å². The van der Waals surface area contributed by atoms with Crippen molar-refractivity contribution in [1.29, 1.82) is 0 Å². The molecule has 0 aliphatic heterocycles. The van der Waals surface area contributed by atoms with E-state index in [1.807, 2.05) is 0 Å². The zero-order valence-electron chi connectivity index (χ0n) is 13.2. The zero-order chi connectivity index (χ0) is 13.8. The average molecular weight is 266 g/mol. The van der Waals surface area contributed by atoms with E-state index in [0.29, 0.717) is 6.04 Å². The molecule has 2 fully saturated rings. The van der Waals surface area contributed by atoms with Gasteiger partial charge in [0.25, 0.3) is 0 Å². The van der Waals surface area contributed by atoms with Gasteiger partial charge in [-0.05, 0) is 68.1 Å². The predicted molar refractivity (Wildman–Crippen MR) is 82.5 cm³/mol. The van der Waals surface area contributed by atoms with E-state index < -0.39 is 0 Å². The molecule has 19 heavy (non-hydrogen) atoms. The predicted octanol–water partition coefficient (Wildman–Crippen LogP) is 4.11. The smallest absolute Gasteiger partial charge is 0.0267 e. The molecule has 3 unspecified atom stereocenters. The number of rotatable bonds is 4. The second-order valence-corrected chi connectivity index (χ2v) is 7.64. The van der Waals surface area contributed by atoms with Crippen LogP contribution in [0.4, 0.5) is 0 Å². The lowest BCUT2D eigenvalue weighted by Gasteiger charge is -2.41. The summed E-state index contributed by atoms with van der Waals surface area (Å²) >= 11 is 0. The summed E-state index contributed by atoms with van der Waals surface area (Å²) in [4.78, 5) is 0. The van der Waals surface area contributed by atoms with Gasteiger partial charge in [0, 0.05) is 6.04 Å². The largest absolute Gasteiger partial charge is 0.271 e. The van der Waals surface area contributed by atoms with Crippen molar-refractivity contribution in [3.8, 4) is 0 Å². The molecule has 2 rings (SSSR count). The Morgan fingerprint density at radius 2 is 1.53 bits per heavy atom. The van der Waals surface area contributed by atoms with Crippen LogP contribution in [-0.4, -0.2) is 6.04 Å². The van der Waals surface area contributed by atoms with Crippen molar-refractivity contribution < 1.29 is 0 Å². The van der Waals surface area contributed by atoms with E-state index in [9.17, 15) is 0 Å². The van der Waals surface area contributed by atoms with Crippen molar-refractivity contribution in [3.05, 3.63) is 0 Å². The molecule has 112 valence electrons. The molecule has 0 spiro atoms. The van der Waals surface area contributed by atoms with Gasteiger partial charge < -0.3 is 0 Å². The van der Waals surface area contributed by atoms with Crippen LogP contribution in [0.3, 0.4) is 0 Å². The van der Waals surface area contributed by atoms with Gasteiger partial charge in [-0.3, -0.25) is 11.3 Å². The third-order valence-electron chi connectivity index (χ3n) is 5.94. The Morgan fingerprint density at radius 1 is 0.895 bits per heavy atom. The molecule has 3 atom stereocenters. The summed E-state index contributed by atoms with van der Waals surface area (Å²) in [5.41, 5.74) is 3.21. The van der Waals surface area contributed by atoms with Gasteiger partial charge in [-0.15, -0.1) is 0 Å². The monoisotopic (exact) mass is 266 g/mol. The minimum atomic E-state index is 0.580. The second-order valence-electron chi connectivity index (χ2n) is 7.64. The summed E-state index contributed by atoms with van der Waals surface area (Å²) < 4.78 is 0. The molecule has 0 aromatic heterocycles. The molecular formula is C17H34N2. The van der Waals surface area contributed by atoms with Crippen molar-refractivity contribution in [2.24, 2.45) is 35.4 Å². The van der Waals surface area contributed by atoms with Crippen LogP contribution in [0.5, 0.6) is 0 Å². The molecule has 0 amide bonds. The van der Waals surface area contributed by atoms with Crippen LogP contribution in [0.2, 0.25) is 0 Å². The van der Waals surface area contributed by atoms with Crippen LogP contribution in [-0.2, 0) is 0 Å². The second kappa shape index (κ2) is 7.08. The molecule has 2 heteroatoms. The first-order valence-electron chi connectivity index (χ1n) is 8.58. The molecule has 2 aliphatic rings. The average Bonchev–Trinajstić information content (AvgIpc) is 2.40. The van der Waals surface area contributed by atoms with Crippen LogP contribution in [0.1, 0.15) is 72.1 Å². The minimum Gasteiger partial charge on any atom is -0.271 e. The summed E-state index contributed by atoms with van der Waals surface area (Å²) in [5.74, 6) is 10.3. The molecule has 2 nitrogen and oxygen atoms in total. The van der Waals surface area contributed by atoms with E-state index >= 15 is 0 Å². The van der Waals surface area contributed by atoms with Gasteiger partial charge in [-0.25, -0.2) is 0 Å². The van der Waals surface area contributed by atoms with Gasteiger partial charge in [0.2, 0.25) is 0 Å². The molecule has 0 aromatic carbocycles. The van der Waals surface area contributed by atoms with Gasteiger partial charge >= 0.3 is 0 Å². The van der Waals surface area contributed by atoms with Gasteiger partial charge in [-0.2, -0.15) is 0 Å². The van der Waals surface area contributed by atoms with E-state index in [-0.39, 0.29) is 0 Å². The van der Waals surface area contributed by atoms with Crippen LogP contribution < -0.4 is 11.3 Å². The number of hydrogen-bond acceptors (Lipinski definition) is 2. The standard InChI is InChI=1S/C17H34N2/c1-12(2)14-7-9-15(10-8-14)17(19-18)16-6-4-5-13(3)11-16/h12-17,19H,4-11,18H2,1-3H3. The molecule has 0 bridgehead atoms. The molecule has 2 saturated carbocycles. The summed E-state index contributed by atoms with van der Waals surface area (Å²) in [7, 11) is 0. The Balaban J connectivity index is 1.88. The first-order chi connectivity index (χ1) is 9.11. The summed E-state index contributed by atoms with van der Waals surface area (Å²) in [6.07, 6.45) is 11.2. The molecule has 0 heterocycles. The van der Waals surface area contributed by atoms with Crippen molar-refractivity contribution in [3.63, 3.8) is 0 Å². The summed E-state index contributed by atoms with van der Waals surface area (Å²) in [5, 5.41) is 0. The van der Waals surface area contributed by atoms with Crippen LogP contribution in [0.25, 0.3) is 0 Å². The summed E-state index contributed by atoms with van der Waals surface area (Å²) in [6.45, 7) is 7.17. The van der Waals surface area contributed by atoms with Gasteiger partial charge in [0.05, 0.1) is 0 Å². The normalized spacial score (nSPS) is 38.4. The van der Waals surface area contributed by atoms with Crippen LogP contribution in [0, 0.1) is 29.6 Å². The number of nitrogens with two attached hydrogens (primary N) is 1. The Kier molecular flexibility index (Phi) is 5.70. The van der Waals surface area contributed by atoms with E-state index in [4.69, 9.17) is 5.84 Å². The highest BCUT2D eigenvalue weighted by Gasteiger charge is 2.34. The lowest BCUT2D eigenvalue weighted by molar-refractivity contribution is 0.126. The maximum absolute atomic E-state index is 5.92. The quantitative estimate of drug-likeness (QED) is 0.593. The Labute approximate surface area is 119 Å². The highest BCUT2D eigenvalue weighted by atomic mass is 15.2. The van der Waals surface area contributed by atoms with Crippen LogP contribution in [0.15, 0.2) is 0 Å². The number of hydrazine groups is 1. The first kappa shape index (κ1) is 15.3. The minimum absolute atomic E-state index is 0.580. The molecule has 3 N–H and O–H groups in total. The molecule has 0 aromatic rings. The summed E-state index contributed by atoms with van der Waals surface area (Å²) in [6, 6.07) is 0.580. The molecular weight excluding hydrogens is 232 g/mol. The van der Waals surface area contributed by atoms with Crippen LogP contribution >= 0.6 is 0 Å². The number of hydrogen-bond donors (Lipinski definition) is 2. The van der Waals surface area contributed by atoms with Gasteiger partial charge in [0.1, 0.15) is 0 Å². The van der Waals surface area contributed by atoms with Gasteiger partial charge in [0.15, 0.2) is 0 Å². The Bertz CT molecular complexity index is 256. The van der Waals surface area contributed by atoms with Crippen molar-refractivity contribution in [1.82, 2.24) is 5.43 Å². The van der Waals surface area contributed by atoms with E-state index in [1.54, 1.807) is 0 Å². The van der Waals surface area contributed by atoms with E-state index in [1.165, 1.54) is 51.4 Å². The molecule has 0 saturated heterocycles. The fourth-order valence-corrected chi connectivity index (χ4v) is 4.64. The lowest BCUT2D eigenvalue weighted by atomic mass is 9.69. The topological polar surface area (TPSA) is 38.0 Å². The number of nitrogens with one attached hydrogen (secondary N) is 1. The van der Waals surface area contributed by atoms with Crippen molar-refractivity contribution in [2.45, 2.75) is 78.2 Å². The Hall–Kier alpha value is -0.0800. The van der Waals surface area contributed by atoms with Crippen molar-refractivity contribution in [2.75, 3.05) is 0 Å². The maximum atomic E-state index is 5.92. The third-order valence-corrected chi connectivity index (χ3v) is 5.94. The molecule has 2 aliphatic carbocycles.